The number of aliphatic carboxylic acids is 1. The summed E-state index contributed by atoms with van der Waals surface area (Å²) in [5, 5.41) is 14.2. The summed E-state index contributed by atoms with van der Waals surface area (Å²) in [6.07, 6.45) is 5.56. The van der Waals surface area contributed by atoms with Crippen molar-refractivity contribution >= 4 is 5.97 Å². The lowest BCUT2D eigenvalue weighted by Gasteiger charge is -2.33. The van der Waals surface area contributed by atoms with Crippen molar-refractivity contribution in [2.75, 3.05) is 19.8 Å². The first-order chi connectivity index (χ1) is 10.3. The van der Waals surface area contributed by atoms with Crippen molar-refractivity contribution in [1.29, 1.82) is 0 Å². The maximum atomic E-state index is 12.0. The average Bonchev–Trinajstić information content (AvgIpc) is 3.05. The standard InChI is InChI=1S/C16H24N2O4/c1-14(2,3)12-8-17-18(9-12)16(13(19)20)10-15(22-11-16)4-6-21-7-5-15/h8-9H,4-7,10-11H2,1-3H3,(H,19,20). The predicted molar refractivity (Wildman–Crippen MR) is 79.9 cm³/mol. The quantitative estimate of drug-likeness (QED) is 0.903. The molecule has 0 saturated carbocycles. The molecule has 1 unspecified atom stereocenters. The molecule has 0 bridgehead atoms. The van der Waals surface area contributed by atoms with E-state index in [0.29, 0.717) is 19.6 Å². The van der Waals surface area contributed by atoms with Gasteiger partial charge in [0.05, 0.1) is 18.4 Å². The van der Waals surface area contributed by atoms with Crippen molar-refractivity contribution in [2.24, 2.45) is 0 Å². The van der Waals surface area contributed by atoms with Gasteiger partial charge in [-0.3, -0.25) is 4.68 Å². The number of carboxylic acid groups (broad SMARTS) is 1. The fourth-order valence-electron chi connectivity index (χ4n) is 3.30. The van der Waals surface area contributed by atoms with Gasteiger partial charge in [-0.1, -0.05) is 20.8 Å². The SMILES string of the molecule is CC(C)(C)c1cnn(C2(C(=O)O)COC3(CCOCC3)C2)c1. The summed E-state index contributed by atoms with van der Waals surface area (Å²) in [5.74, 6) is -0.876. The molecule has 1 spiro atoms. The third-order valence-corrected chi connectivity index (χ3v) is 4.92. The molecule has 22 heavy (non-hydrogen) atoms. The minimum absolute atomic E-state index is 0.0617. The summed E-state index contributed by atoms with van der Waals surface area (Å²) < 4.78 is 13.0. The van der Waals surface area contributed by atoms with Crippen molar-refractivity contribution < 1.29 is 19.4 Å². The largest absolute Gasteiger partial charge is 0.479 e. The molecule has 2 aliphatic heterocycles. The molecule has 1 aromatic heterocycles. The van der Waals surface area contributed by atoms with Crippen molar-refractivity contribution in [3.05, 3.63) is 18.0 Å². The molecule has 2 saturated heterocycles. The van der Waals surface area contributed by atoms with Gasteiger partial charge in [0.1, 0.15) is 0 Å². The Bertz CT molecular complexity index is 569. The molecular formula is C16H24N2O4. The molecule has 2 aliphatic rings. The van der Waals surface area contributed by atoms with Gasteiger partial charge in [0, 0.05) is 25.8 Å². The Morgan fingerprint density at radius 2 is 2.05 bits per heavy atom. The highest BCUT2D eigenvalue weighted by Gasteiger charge is 2.56. The molecule has 0 aromatic carbocycles. The van der Waals surface area contributed by atoms with E-state index in [0.717, 1.165) is 18.4 Å². The second-order valence-corrected chi connectivity index (χ2v) is 7.52. The van der Waals surface area contributed by atoms with Crippen molar-refractivity contribution in [1.82, 2.24) is 9.78 Å². The molecule has 2 fully saturated rings. The van der Waals surface area contributed by atoms with Crippen LogP contribution in [0.2, 0.25) is 0 Å². The number of ether oxygens (including phenoxy) is 2. The number of carbonyl (C=O) groups is 1. The number of hydrogen-bond donors (Lipinski definition) is 1. The molecule has 0 amide bonds. The van der Waals surface area contributed by atoms with Crippen LogP contribution in [0.4, 0.5) is 0 Å². The fourth-order valence-corrected chi connectivity index (χ4v) is 3.30. The van der Waals surface area contributed by atoms with Gasteiger partial charge in [-0.15, -0.1) is 0 Å². The number of hydrogen-bond acceptors (Lipinski definition) is 4. The summed E-state index contributed by atoms with van der Waals surface area (Å²) in [5.41, 5.74) is -0.528. The smallest absolute Gasteiger partial charge is 0.334 e. The van der Waals surface area contributed by atoms with Crippen molar-refractivity contribution in [3.63, 3.8) is 0 Å². The zero-order valence-corrected chi connectivity index (χ0v) is 13.5. The summed E-state index contributed by atoms with van der Waals surface area (Å²) in [6.45, 7) is 7.68. The van der Waals surface area contributed by atoms with Crippen LogP contribution in [0.5, 0.6) is 0 Å². The van der Waals surface area contributed by atoms with Gasteiger partial charge in [0.25, 0.3) is 0 Å². The van der Waals surface area contributed by atoms with Crippen molar-refractivity contribution in [2.45, 2.75) is 56.6 Å². The Labute approximate surface area is 130 Å². The van der Waals surface area contributed by atoms with E-state index in [4.69, 9.17) is 9.47 Å². The second kappa shape index (κ2) is 5.06. The lowest BCUT2D eigenvalue weighted by Crippen LogP contribution is -2.45. The van der Waals surface area contributed by atoms with E-state index in [1.807, 2.05) is 6.20 Å². The third kappa shape index (κ3) is 2.44. The Morgan fingerprint density at radius 3 is 2.59 bits per heavy atom. The van der Waals surface area contributed by atoms with E-state index in [2.05, 4.69) is 25.9 Å². The van der Waals surface area contributed by atoms with Gasteiger partial charge >= 0.3 is 5.97 Å². The number of aromatic nitrogens is 2. The first kappa shape index (κ1) is 15.5. The average molecular weight is 308 g/mol. The molecular weight excluding hydrogens is 284 g/mol. The monoisotopic (exact) mass is 308 g/mol. The van der Waals surface area contributed by atoms with E-state index in [1.54, 1.807) is 10.9 Å². The van der Waals surface area contributed by atoms with Crippen LogP contribution < -0.4 is 0 Å². The first-order valence-electron chi connectivity index (χ1n) is 7.78. The van der Waals surface area contributed by atoms with Gasteiger partial charge in [-0.25, -0.2) is 4.79 Å². The van der Waals surface area contributed by atoms with Crippen molar-refractivity contribution in [3.8, 4) is 0 Å². The van der Waals surface area contributed by atoms with Gasteiger partial charge in [0.2, 0.25) is 0 Å². The fraction of sp³-hybridized carbons (Fsp3) is 0.750. The lowest BCUT2D eigenvalue weighted by molar-refractivity contribution is -0.148. The molecule has 0 aliphatic carbocycles. The van der Waals surface area contributed by atoms with Crippen LogP contribution in [0, 0.1) is 0 Å². The summed E-state index contributed by atoms with van der Waals surface area (Å²) >= 11 is 0. The molecule has 122 valence electrons. The van der Waals surface area contributed by atoms with E-state index in [9.17, 15) is 9.90 Å². The molecule has 6 heteroatoms. The molecule has 0 radical (unpaired) electrons. The van der Waals surface area contributed by atoms with Gasteiger partial charge in [-0.05, 0) is 23.8 Å². The molecule has 1 N–H and O–H groups in total. The maximum Gasteiger partial charge on any atom is 0.334 e. The van der Waals surface area contributed by atoms with Gasteiger partial charge in [0.15, 0.2) is 5.54 Å². The Balaban J connectivity index is 1.93. The number of carboxylic acids is 1. The molecule has 3 rings (SSSR count). The van der Waals surface area contributed by atoms with E-state index < -0.39 is 11.5 Å². The second-order valence-electron chi connectivity index (χ2n) is 7.52. The zero-order valence-electron chi connectivity index (χ0n) is 13.5. The van der Waals surface area contributed by atoms with Crippen LogP contribution in [0.3, 0.4) is 0 Å². The Hall–Kier alpha value is -1.40. The van der Waals surface area contributed by atoms with E-state index >= 15 is 0 Å². The normalized spacial score (nSPS) is 28.1. The van der Waals surface area contributed by atoms with Gasteiger partial charge in [-0.2, -0.15) is 5.10 Å². The molecule has 6 nitrogen and oxygen atoms in total. The highest BCUT2D eigenvalue weighted by Crippen LogP contribution is 2.44. The molecule has 1 atom stereocenters. The topological polar surface area (TPSA) is 73.6 Å². The van der Waals surface area contributed by atoms with E-state index in [1.165, 1.54) is 0 Å². The zero-order chi connectivity index (χ0) is 16.0. The first-order valence-corrected chi connectivity index (χ1v) is 7.78. The summed E-state index contributed by atoms with van der Waals surface area (Å²) in [6, 6.07) is 0. The maximum absolute atomic E-state index is 12.0. The van der Waals surface area contributed by atoms with Crippen LogP contribution in [0.1, 0.15) is 45.6 Å². The number of nitrogens with zero attached hydrogens (tertiary/aromatic N) is 2. The summed E-state index contributed by atoms with van der Waals surface area (Å²) in [4.78, 5) is 12.0. The third-order valence-electron chi connectivity index (χ3n) is 4.92. The van der Waals surface area contributed by atoms with Crippen LogP contribution in [-0.2, 0) is 25.2 Å². The van der Waals surface area contributed by atoms with Crippen LogP contribution in [0.15, 0.2) is 12.4 Å². The highest BCUT2D eigenvalue weighted by atomic mass is 16.5. The minimum atomic E-state index is -1.11. The van der Waals surface area contributed by atoms with Crippen LogP contribution in [-0.4, -0.2) is 46.3 Å². The predicted octanol–water partition coefficient (Wildman–Crippen LogP) is 1.93. The Morgan fingerprint density at radius 1 is 1.36 bits per heavy atom. The Kier molecular flexibility index (Phi) is 3.57. The van der Waals surface area contributed by atoms with Crippen LogP contribution >= 0.6 is 0 Å². The minimum Gasteiger partial charge on any atom is -0.479 e. The lowest BCUT2D eigenvalue weighted by atomic mass is 9.83. The number of rotatable bonds is 2. The highest BCUT2D eigenvalue weighted by molar-refractivity contribution is 5.77. The van der Waals surface area contributed by atoms with Gasteiger partial charge < -0.3 is 14.6 Å². The molecule has 3 heterocycles. The van der Waals surface area contributed by atoms with Crippen LogP contribution in [0.25, 0.3) is 0 Å². The van der Waals surface area contributed by atoms with E-state index in [-0.39, 0.29) is 17.6 Å². The molecule has 1 aromatic rings. The summed E-state index contributed by atoms with van der Waals surface area (Å²) in [7, 11) is 0.